The van der Waals surface area contributed by atoms with Gasteiger partial charge in [-0.3, -0.25) is 9.78 Å². The van der Waals surface area contributed by atoms with Crippen molar-refractivity contribution < 1.29 is 23.4 Å². The molecule has 2 unspecified atom stereocenters. The molecular formula is C9H12N2O5S. The molecule has 0 amide bonds. The average Bonchev–Trinajstić information content (AvgIpc) is 2.26. The van der Waals surface area contributed by atoms with Gasteiger partial charge in [-0.05, 0) is 19.1 Å². The SMILES string of the molecule is CC(O)C(NS(=O)(=O)c1cccnc1)C(=O)O. The number of hydrogen-bond acceptors (Lipinski definition) is 5. The van der Waals surface area contributed by atoms with Crippen LogP contribution in [-0.2, 0) is 14.8 Å². The number of carboxylic acids is 1. The second-order valence-corrected chi connectivity index (χ2v) is 5.08. The summed E-state index contributed by atoms with van der Waals surface area (Å²) in [6.07, 6.45) is 1.13. The Kier molecular flexibility index (Phi) is 4.16. The van der Waals surface area contributed by atoms with Crippen molar-refractivity contribution in [2.75, 3.05) is 0 Å². The monoisotopic (exact) mass is 260 g/mol. The maximum atomic E-state index is 11.7. The first-order chi connectivity index (χ1) is 7.84. The first-order valence-electron chi connectivity index (χ1n) is 4.68. The predicted octanol–water partition coefficient (Wildman–Crippen LogP) is -0.806. The number of carboxylic acid groups (broad SMARTS) is 1. The summed E-state index contributed by atoms with van der Waals surface area (Å²) >= 11 is 0. The fourth-order valence-electron chi connectivity index (χ4n) is 1.10. The van der Waals surface area contributed by atoms with Crippen molar-refractivity contribution in [1.29, 1.82) is 0 Å². The molecule has 0 bridgehead atoms. The molecule has 0 radical (unpaired) electrons. The van der Waals surface area contributed by atoms with Crippen LogP contribution < -0.4 is 4.72 Å². The van der Waals surface area contributed by atoms with Crippen LogP contribution in [0.4, 0.5) is 0 Å². The maximum Gasteiger partial charge on any atom is 0.324 e. The number of carbonyl (C=O) groups is 1. The molecule has 1 heterocycles. The Hall–Kier alpha value is -1.51. The molecule has 1 aromatic heterocycles. The molecular weight excluding hydrogens is 248 g/mol. The Morgan fingerprint density at radius 3 is 2.59 bits per heavy atom. The lowest BCUT2D eigenvalue weighted by atomic mass is 10.2. The van der Waals surface area contributed by atoms with Crippen LogP contribution in [0.15, 0.2) is 29.4 Å². The van der Waals surface area contributed by atoms with Gasteiger partial charge in [0.1, 0.15) is 10.9 Å². The van der Waals surface area contributed by atoms with Gasteiger partial charge < -0.3 is 10.2 Å². The molecule has 2 atom stereocenters. The molecule has 1 rings (SSSR count). The van der Waals surface area contributed by atoms with E-state index in [2.05, 4.69) is 4.98 Å². The number of aliphatic hydroxyl groups is 1. The molecule has 0 saturated heterocycles. The number of nitrogens with zero attached hydrogens (tertiary/aromatic N) is 1. The Labute approximate surface area is 98.2 Å². The highest BCUT2D eigenvalue weighted by atomic mass is 32.2. The van der Waals surface area contributed by atoms with Crippen LogP contribution in [-0.4, -0.2) is 41.7 Å². The fraction of sp³-hybridized carbons (Fsp3) is 0.333. The van der Waals surface area contributed by atoms with E-state index in [0.717, 1.165) is 6.20 Å². The van der Waals surface area contributed by atoms with Crippen molar-refractivity contribution in [3.05, 3.63) is 24.5 Å². The zero-order chi connectivity index (χ0) is 13.1. The molecule has 0 aliphatic rings. The van der Waals surface area contributed by atoms with Crippen molar-refractivity contribution in [2.45, 2.75) is 24.0 Å². The normalized spacial score (nSPS) is 15.2. The molecule has 0 aromatic carbocycles. The van der Waals surface area contributed by atoms with E-state index in [1.807, 2.05) is 4.72 Å². The van der Waals surface area contributed by atoms with Crippen molar-refractivity contribution in [3.63, 3.8) is 0 Å². The van der Waals surface area contributed by atoms with Crippen LogP contribution in [0.3, 0.4) is 0 Å². The number of sulfonamides is 1. The molecule has 1 aromatic rings. The van der Waals surface area contributed by atoms with Gasteiger partial charge in [0.05, 0.1) is 6.10 Å². The molecule has 94 valence electrons. The first-order valence-corrected chi connectivity index (χ1v) is 6.16. The standard InChI is InChI=1S/C9H12N2O5S/c1-6(12)8(9(13)14)11-17(15,16)7-3-2-4-10-5-7/h2-6,8,11-12H,1H3,(H,13,14). The summed E-state index contributed by atoms with van der Waals surface area (Å²) < 4.78 is 25.3. The van der Waals surface area contributed by atoms with E-state index in [1.165, 1.54) is 25.3 Å². The molecule has 8 heteroatoms. The highest BCUT2D eigenvalue weighted by Crippen LogP contribution is 2.07. The van der Waals surface area contributed by atoms with E-state index < -0.39 is 28.1 Å². The Morgan fingerprint density at radius 2 is 2.18 bits per heavy atom. The van der Waals surface area contributed by atoms with E-state index in [0.29, 0.717) is 0 Å². The summed E-state index contributed by atoms with van der Waals surface area (Å²) in [6.45, 7) is 1.19. The molecule has 17 heavy (non-hydrogen) atoms. The number of aliphatic hydroxyl groups excluding tert-OH is 1. The molecule has 3 N–H and O–H groups in total. The van der Waals surface area contributed by atoms with Gasteiger partial charge in [-0.2, -0.15) is 4.72 Å². The van der Waals surface area contributed by atoms with E-state index in [1.54, 1.807) is 0 Å². The fourth-order valence-corrected chi connectivity index (χ4v) is 2.32. The van der Waals surface area contributed by atoms with Crippen LogP contribution >= 0.6 is 0 Å². The van der Waals surface area contributed by atoms with Crippen molar-refractivity contribution in [1.82, 2.24) is 9.71 Å². The largest absolute Gasteiger partial charge is 0.480 e. The molecule has 7 nitrogen and oxygen atoms in total. The van der Waals surface area contributed by atoms with E-state index >= 15 is 0 Å². The second-order valence-electron chi connectivity index (χ2n) is 3.37. The summed E-state index contributed by atoms with van der Waals surface area (Å²) in [5.41, 5.74) is 0. The number of rotatable bonds is 5. The highest BCUT2D eigenvalue weighted by molar-refractivity contribution is 7.89. The Balaban J connectivity index is 2.97. The lowest BCUT2D eigenvalue weighted by molar-refractivity contribution is -0.141. The highest BCUT2D eigenvalue weighted by Gasteiger charge is 2.29. The van der Waals surface area contributed by atoms with Crippen LogP contribution in [0.5, 0.6) is 0 Å². The van der Waals surface area contributed by atoms with Gasteiger partial charge in [-0.25, -0.2) is 8.42 Å². The summed E-state index contributed by atoms with van der Waals surface area (Å²) in [5, 5.41) is 17.9. The summed E-state index contributed by atoms with van der Waals surface area (Å²) in [5.74, 6) is -1.45. The average molecular weight is 260 g/mol. The van der Waals surface area contributed by atoms with Crippen LogP contribution in [0.1, 0.15) is 6.92 Å². The third kappa shape index (κ3) is 3.48. The molecule has 0 aliphatic heterocycles. The third-order valence-electron chi connectivity index (χ3n) is 1.98. The van der Waals surface area contributed by atoms with Gasteiger partial charge in [-0.15, -0.1) is 0 Å². The summed E-state index contributed by atoms with van der Waals surface area (Å²) in [7, 11) is -4.00. The predicted molar refractivity (Wildman–Crippen MR) is 57.7 cm³/mol. The molecule has 0 aliphatic carbocycles. The van der Waals surface area contributed by atoms with Gasteiger partial charge in [0, 0.05) is 12.4 Å². The maximum absolute atomic E-state index is 11.7. The number of pyridine rings is 1. The van der Waals surface area contributed by atoms with E-state index in [4.69, 9.17) is 10.2 Å². The minimum Gasteiger partial charge on any atom is -0.480 e. The second kappa shape index (κ2) is 5.21. The van der Waals surface area contributed by atoms with Gasteiger partial charge in [0.15, 0.2) is 0 Å². The van der Waals surface area contributed by atoms with Gasteiger partial charge in [-0.1, -0.05) is 0 Å². The molecule has 0 saturated carbocycles. The van der Waals surface area contributed by atoms with Crippen LogP contribution in [0.2, 0.25) is 0 Å². The van der Waals surface area contributed by atoms with Crippen LogP contribution in [0, 0.1) is 0 Å². The van der Waals surface area contributed by atoms with Crippen molar-refractivity contribution in [3.8, 4) is 0 Å². The quantitative estimate of drug-likeness (QED) is 0.637. The topological polar surface area (TPSA) is 117 Å². The Bertz CT molecular complexity index is 485. The van der Waals surface area contributed by atoms with Crippen molar-refractivity contribution in [2.24, 2.45) is 0 Å². The number of aliphatic carboxylic acids is 1. The zero-order valence-electron chi connectivity index (χ0n) is 8.94. The smallest absolute Gasteiger partial charge is 0.324 e. The number of nitrogens with one attached hydrogen (secondary N) is 1. The third-order valence-corrected chi connectivity index (χ3v) is 3.40. The lowest BCUT2D eigenvalue weighted by Crippen LogP contribution is -2.47. The van der Waals surface area contributed by atoms with E-state index in [9.17, 15) is 13.2 Å². The van der Waals surface area contributed by atoms with E-state index in [-0.39, 0.29) is 4.90 Å². The Morgan fingerprint density at radius 1 is 1.53 bits per heavy atom. The first kappa shape index (κ1) is 13.6. The van der Waals surface area contributed by atoms with Crippen LogP contribution in [0.25, 0.3) is 0 Å². The number of aromatic nitrogens is 1. The summed E-state index contributed by atoms with van der Waals surface area (Å²) in [4.78, 5) is 14.2. The zero-order valence-corrected chi connectivity index (χ0v) is 9.76. The molecule has 0 fully saturated rings. The minimum atomic E-state index is -4.00. The minimum absolute atomic E-state index is 0.160. The van der Waals surface area contributed by atoms with Gasteiger partial charge >= 0.3 is 5.97 Å². The van der Waals surface area contributed by atoms with Gasteiger partial charge in [0.2, 0.25) is 10.0 Å². The van der Waals surface area contributed by atoms with Crippen molar-refractivity contribution >= 4 is 16.0 Å². The van der Waals surface area contributed by atoms with Gasteiger partial charge in [0.25, 0.3) is 0 Å². The lowest BCUT2D eigenvalue weighted by Gasteiger charge is -2.16. The molecule has 0 spiro atoms. The number of hydrogen-bond donors (Lipinski definition) is 3. The summed E-state index contributed by atoms with van der Waals surface area (Å²) in [6, 6.07) is 1.09.